The van der Waals surface area contributed by atoms with E-state index in [0.29, 0.717) is 18.5 Å². The van der Waals surface area contributed by atoms with E-state index in [1.807, 2.05) is 6.92 Å². The minimum absolute atomic E-state index is 0.283. The van der Waals surface area contributed by atoms with E-state index in [1.165, 1.54) is 0 Å². The number of carboxylic acid groups (broad SMARTS) is 1. The van der Waals surface area contributed by atoms with Crippen LogP contribution in [0.15, 0.2) is 0 Å². The van der Waals surface area contributed by atoms with Crippen molar-refractivity contribution in [3.05, 3.63) is 0 Å². The Labute approximate surface area is 122 Å². The number of likely N-dealkylation sites (N-methyl/N-ethyl adjacent to an activating group) is 1. The van der Waals surface area contributed by atoms with Crippen molar-refractivity contribution >= 4 is 5.97 Å². The van der Waals surface area contributed by atoms with Crippen molar-refractivity contribution in [2.24, 2.45) is 0 Å². The van der Waals surface area contributed by atoms with Crippen LogP contribution < -0.4 is 5.32 Å². The van der Waals surface area contributed by atoms with Crippen LogP contribution in [0.5, 0.6) is 0 Å². The summed E-state index contributed by atoms with van der Waals surface area (Å²) < 4.78 is 0. The Morgan fingerprint density at radius 3 is 2.60 bits per heavy atom. The Morgan fingerprint density at radius 2 is 2.10 bits per heavy atom. The van der Waals surface area contributed by atoms with Gasteiger partial charge < -0.3 is 10.0 Å². The molecule has 0 aromatic heterocycles. The van der Waals surface area contributed by atoms with Crippen LogP contribution in [-0.4, -0.2) is 71.2 Å². The third-order valence-corrected chi connectivity index (χ3v) is 4.72. The highest BCUT2D eigenvalue weighted by Gasteiger charge is 2.41. The van der Waals surface area contributed by atoms with Crippen LogP contribution in [0.2, 0.25) is 0 Å². The van der Waals surface area contributed by atoms with Gasteiger partial charge in [0.05, 0.1) is 0 Å². The maximum atomic E-state index is 11.6. The number of carboxylic acids is 1. The molecule has 0 bridgehead atoms. The van der Waals surface area contributed by atoms with Crippen molar-refractivity contribution < 1.29 is 9.90 Å². The Balaban J connectivity index is 1.96. The van der Waals surface area contributed by atoms with E-state index in [4.69, 9.17) is 0 Å². The lowest BCUT2D eigenvalue weighted by Crippen LogP contribution is -2.58. The highest BCUT2D eigenvalue weighted by atomic mass is 16.4. The van der Waals surface area contributed by atoms with Crippen LogP contribution in [0.1, 0.15) is 40.0 Å². The molecule has 116 valence electrons. The monoisotopic (exact) mass is 283 g/mol. The molecule has 0 amide bonds. The molecule has 1 saturated carbocycles. The minimum Gasteiger partial charge on any atom is -0.480 e. The maximum absolute atomic E-state index is 11.6. The molecule has 1 aliphatic heterocycles. The number of piperazine rings is 1. The Hall–Kier alpha value is -0.650. The largest absolute Gasteiger partial charge is 0.480 e. The topological polar surface area (TPSA) is 55.8 Å². The summed E-state index contributed by atoms with van der Waals surface area (Å²) >= 11 is 0. The summed E-state index contributed by atoms with van der Waals surface area (Å²) in [4.78, 5) is 16.4. The van der Waals surface area contributed by atoms with Crippen molar-refractivity contribution in [2.45, 2.75) is 63.7 Å². The predicted octanol–water partition coefficient (Wildman–Crippen LogP) is 0.996. The molecule has 0 radical (unpaired) electrons. The summed E-state index contributed by atoms with van der Waals surface area (Å²) in [6.45, 7) is 9.39. The van der Waals surface area contributed by atoms with E-state index in [0.717, 1.165) is 32.5 Å². The van der Waals surface area contributed by atoms with Gasteiger partial charge in [0.25, 0.3) is 0 Å². The summed E-state index contributed by atoms with van der Waals surface area (Å²) in [5.41, 5.74) is -0.802. The molecule has 0 aromatic carbocycles. The molecule has 3 atom stereocenters. The molecular weight excluding hydrogens is 254 g/mol. The highest BCUT2D eigenvalue weighted by molar-refractivity contribution is 5.78. The van der Waals surface area contributed by atoms with Gasteiger partial charge in [0.1, 0.15) is 5.54 Å². The number of rotatable bonds is 6. The van der Waals surface area contributed by atoms with Gasteiger partial charge in [-0.1, -0.05) is 0 Å². The molecule has 1 saturated heterocycles. The molecule has 20 heavy (non-hydrogen) atoms. The lowest BCUT2D eigenvalue weighted by atomic mass is 9.91. The second-order valence-electron chi connectivity index (χ2n) is 6.96. The van der Waals surface area contributed by atoms with Gasteiger partial charge in [-0.25, -0.2) is 0 Å². The molecule has 5 heteroatoms. The molecule has 0 spiro atoms. The zero-order valence-electron chi connectivity index (χ0n) is 13.2. The van der Waals surface area contributed by atoms with Gasteiger partial charge in [0.2, 0.25) is 0 Å². The summed E-state index contributed by atoms with van der Waals surface area (Å²) in [6, 6.07) is 1.18. The first-order valence-corrected chi connectivity index (χ1v) is 7.77. The normalized spacial score (nSPS) is 29.9. The predicted molar refractivity (Wildman–Crippen MR) is 79.9 cm³/mol. The van der Waals surface area contributed by atoms with Gasteiger partial charge in [0, 0.05) is 37.8 Å². The van der Waals surface area contributed by atoms with Crippen molar-refractivity contribution in [1.29, 1.82) is 0 Å². The van der Waals surface area contributed by atoms with Crippen LogP contribution in [0.4, 0.5) is 0 Å². The van der Waals surface area contributed by atoms with E-state index in [1.54, 1.807) is 0 Å². The average molecular weight is 283 g/mol. The van der Waals surface area contributed by atoms with Crippen LogP contribution >= 0.6 is 0 Å². The van der Waals surface area contributed by atoms with Gasteiger partial charge >= 0.3 is 5.97 Å². The van der Waals surface area contributed by atoms with E-state index >= 15 is 0 Å². The molecule has 1 aliphatic carbocycles. The summed E-state index contributed by atoms with van der Waals surface area (Å²) in [5.74, 6) is -0.724. The van der Waals surface area contributed by atoms with E-state index in [2.05, 4.69) is 36.0 Å². The van der Waals surface area contributed by atoms with Crippen LogP contribution in [-0.2, 0) is 4.79 Å². The molecule has 5 nitrogen and oxygen atoms in total. The zero-order chi connectivity index (χ0) is 14.9. The lowest BCUT2D eigenvalue weighted by molar-refractivity contribution is -0.145. The fraction of sp³-hybridized carbons (Fsp3) is 0.933. The van der Waals surface area contributed by atoms with Crippen molar-refractivity contribution in [3.63, 3.8) is 0 Å². The summed E-state index contributed by atoms with van der Waals surface area (Å²) in [5, 5.41) is 12.9. The molecule has 2 fully saturated rings. The van der Waals surface area contributed by atoms with Gasteiger partial charge in [-0.3, -0.25) is 15.0 Å². The van der Waals surface area contributed by atoms with Gasteiger partial charge in [-0.15, -0.1) is 0 Å². The Morgan fingerprint density at radius 1 is 1.45 bits per heavy atom. The quantitative estimate of drug-likeness (QED) is 0.761. The number of hydrogen-bond acceptors (Lipinski definition) is 4. The van der Waals surface area contributed by atoms with Crippen molar-refractivity contribution in [1.82, 2.24) is 15.1 Å². The van der Waals surface area contributed by atoms with Gasteiger partial charge in [0.15, 0.2) is 0 Å². The molecule has 2 N–H and O–H groups in total. The fourth-order valence-electron chi connectivity index (χ4n) is 3.40. The van der Waals surface area contributed by atoms with E-state index in [-0.39, 0.29) is 6.04 Å². The molecular formula is C15H29N3O2. The maximum Gasteiger partial charge on any atom is 0.323 e. The molecule has 0 aromatic rings. The minimum atomic E-state index is -0.802. The third kappa shape index (κ3) is 3.71. The molecule has 1 heterocycles. The standard InChI is InChI=1S/C15H29N3O2/c1-11(18-8-7-17(4)10-12(18)2)9-15(3,14(19)20)16-13-5-6-13/h11-13,16H,5-10H2,1-4H3,(H,19,20). The summed E-state index contributed by atoms with van der Waals surface area (Å²) in [7, 11) is 2.15. The SMILES string of the molecule is CC1CN(C)CCN1C(C)CC(C)(NC1CC1)C(=O)O. The zero-order valence-corrected chi connectivity index (χ0v) is 13.2. The second-order valence-corrected chi connectivity index (χ2v) is 6.96. The second kappa shape index (κ2) is 6.00. The highest BCUT2D eigenvalue weighted by Crippen LogP contribution is 2.27. The number of nitrogens with zero attached hydrogens (tertiary/aromatic N) is 2. The number of aliphatic carboxylic acids is 1. The number of hydrogen-bond donors (Lipinski definition) is 2. The molecule has 2 aliphatic rings. The lowest BCUT2D eigenvalue weighted by Gasteiger charge is -2.43. The molecule has 2 rings (SSSR count). The van der Waals surface area contributed by atoms with Crippen LogP contribution in [0.25, 0.3) is 0 Å². The number of nitrogens with one attached hydrogen (secondary N) is 1. The van der Waals surface area contributed by atoms with Crippen LogP contribution in [0.3, 0.4) is 0 Å². The van der Waals surface area contributed by atoms with E-state index in [9.17, 15) is 9.90 Å². The van der Waals surface area contributed by atoms with Crippen molar-refractivity contribution in [3.8, 4) is 0 Å². The fourth-order valence-corrected chi connectivity index (χ4v) is 3.40. The first kappa shape index (κ1) is 15.7. The smallest absolute Gasteiger partial charge is 0.323 e. The Kier molecular flexibility index (Phi) is 4.72. The van der Waals surface area contributed by atoms with Crippen molar-refractivity contribution in [2.75, 3.05) is 26.7 Å². The first-order valence-electron chi connectivity index (χ1n) is 7.77. The number of carbonyl (C=O) groups is 1. The van der Waals surface area contributed by atoms with Gasteiger partial charge in [-0.05, 0) is 47.1 Å². The first-order chi connectivity index (χ1) is 9.32. The Bertz CT molecular complexity index is 359. The third-order valence-electron chi connectivity index (χ3n) is 4.72. The molecule has 3 unspecified atom stereocenters. The summed E-state index contributed by atoms with van der Waals surface area (Å²) in [6.07, 6.45) is 2.89. The van der Waals surface area contributed by atoms with Crippen LogP contribution in [0, 0.1) is 0 Å². The van der Waals surface area contributed by atoms with E-state index < -0.39 is 11.5 Å². The van der Waals surface area contributed by atoms with Gasteiger partial charge in [-0.2, -0.15) is 0 Å². The average Bonchev–Trinajstić information content (AvgIpc) is 3.11.